The minimum absolute atomic E-state index is 0.00352. The Kier molecular flexibility index (Phi) is 4.51. The number of amides is 1. The van der Waals surface area contributed by atoms with Crippen molar-refractivity contribution < 1.29 is 14.3 Å². The summed E-state index contributed by atoms with van der Waals surface area (Å²) >= 11 is 0. The van der Waals surface area contributed by atoms with Gasteiger partial charge in [0.15, 0.2) is 5.79 Å². The Morgan fingerprint density at radius 1 is 1.38 bits per heavy atom. The zero-order valence-electron chi connectivity index (χ0n) is 12.2. The second-order valence-electron chi connectivity index (χ2n) is 5.86. The van der Waals surface area contributed by atoms with E-state index in [2.05, 4.69) is 10.3 Å². The number of carbonyl (C=O) groups is 1. The van der Waals surface area contributed by atoms with Crippen LogP contribution in [0.2, 0.25) is 0 Å². The van der Waals surface area contributed by atoms with Crippen molar-refractivity contribution in [3.05, 3.63) is 30.1 Å². The molecule has 21 heavy (non-hydrogen) atoms. The van der Waals surface area contributed by atoms with Crippen molar-refractivity contribution >= 4 is 5.91 Å². The molecule has 3 rings (SSSR count). The van der Waals surface area contributed by atoms with Crippen LogP contribution in [-0.4, -0.2) is 35.9 Å². The second-order valence-corrected chi connectivity index (χ2v) is 5.86. The first-order valence-corrected chi connectivity index (χ1v) is 7.73. The molecule has 2 aliphatic rings. The first-order valence-electron chi connectivity index (χ1n) is 7.73. The van der Waals surface area contributed by atoms with Gasteiger partial charge in [-0.15, -0.1) is 0 Å². The third-order valence-corrected chi connectivity index (χ3v) is 4.14. The van der Waals surface area contributed by atoms with Crippen LogP contribution in [0.5, 0.6) is 0 Å². The van der Waals surface area contributed by atoms with E-state index >= 15 is 0 Å². The lowest BCUT2D eigenvalue weighted by Gasteiger charge is -2.31. The van der Waals surface area contributed by atoms with Gasteiger partial charge >= 0.3 is 0 Å². The highest BCUT2D eigenvalue weighted by Crippen LogP contribution is 2.37. The molecule has 1 saturated carbocycles. The van der Waals surface area contributed by atoms with E-state index in [4.69, 9.17) is 9.47 Å². The summed E-state index contributed by atoms with van der Waals surface area (Å²) < 4.78 is 11.9. The summed E-state index contributed by atoms with van der Waals surface area (Å²) in [6.45, 7) is 1.09. The van der Waals surface area contributed by atoms with E-state index < -0.39 is 0 Å². The van der Waals surface area contributed by atoms with Gasteiger partial charge in [0.25, 0.3) is 0 Å². The van der Waals surface area contributed by atoms with E-state index in [1.54, 1.807) is 12.4 Å². The Balaban J connectivity index is 1.42. The van der Waals surface area contributed by atoms with Gasteiger partial charge < -0.3 is 14.8 Å². The number of aromatic nitrogens is 1. The summed E-state index contributed by atoms with van der Waals surface area (Å²) in [4.78, 5) is 15.9. The maximum Gasteiger partial charge on any atom is 0.224 e. The highest BCUT2D eigenvalue weighted by molar-refractivity contribution is 5.78. The summed E-state index contributed by atoms with van der Waals surface area (Å²) in [5, 5.41) is 2.92. The van der Waals surface area contributed by atoms with Crippen molar-refractivity contribution in [2.45, 2.75) is 50.4 Å². The number of pyridine rings is 1. The largest absolute Gasteiger partial charge is 0.353 e. The fraction of sp³-hybridized carbons (Fsp3) is 0.625. The monoisotopic (exact) mass is 290 g/mol. The van der Waals surface area contributed by atoms with Crippen LogP contribution in [-0.2, 0) is 20.7 Å². The van der Waals surface area contributed by atoms with Crippen molar-refractivity contribution in [2.75, 3.05) is 13.2 Å². The number of nitrogens with zero attached hydrogens (tertiary/aromatic N) is 1. The number of ether oxygens (including phenoxy) is 2. The zero-order chi connectivity index (χ0) is 14.5. The van der Waals surface area contributed by atoms with E-state index in [-0.39, 0.29) is 17.8 Å². The smallest absolute Gasteiger partial charge is 0.224 e. The molecular weight excluding hydrogens is 268 g/mol. The minimum Gasteiger partial charge on any atom is -0.353 e. The van der Waals surface area contributed by atoms with Gasteiger partial charge in [0.2, 0.25) is 5.91 Å². The summed E-state index contributed by atoms with van der Waals surface area (Å²) in [6.07, 6.45) is 9.30. The molecule has 1 N–H and O–H groups in total. The second kappa shape index (κ2) is 6.54. The van der Waals surface area contributed by atoms with Crippen LogP contribution in [0.25, 0.3) is 0 Å². The summed E-state index contributed by atoms with van der Waals surface area (Å²) in [5.74, 6) is -0.368. The molecule has 1 spiro atoms. The number of rotatable bonds is 4. The lowest BCUT2D eigenvalue weighted by Crippen LogP contribution is -2.37. The highest BCUT2D eigenvalue weighted by Gasteiger charge is 2.42. The average Bonchev–Trinajstić information content (AvgIpc) is 2.90. The Hall–Kier alpha value is -1.46. The van der Waals surface area contributed by atoms with Crippen molar-refractivity contribution in [3.63, 3.8) is 0 Å². The van der Waals surface area contributed by atoms with Gasteiger partial charge in [0, 0.05) is 31.8 Å². The molecule has 1 aliphatic heterocycles. The normalized spacial score (nSPS) is 24.1. The van der Waals surface area contributed by atoms with Gasteiger partial charge in [-0.3, -0.25) is 9.78 Å². The molecule has 0 radical (unpaired) electrons. The fourth-order valence-electron chi connectivity index (χ4n) is 3.05. The molecule has 2 heterocycles. The molecule has 1 aromatic heterocycles. The summed E-state index contributed by atoms with van der Waals surface area (Å²) in [6, 6.07) is 3.74. The fourth-order valence-corrected chi connectivity index (χ4v) is 3.05. The Morgan fingerprint density at radius 2 is 2.24 bits per heavy atom. The molecule has 1 amide bonds. The molecule has 1 aromatic rings. The minimum atomic E-state index is -0.364. The molecule has 0 bridgehead atoms. The first kappa shape index (κ1) is 14.5. The maximum absolute atomic E-state index is 11.9. The number of nitrogens with one attached hydrogen (secondary N) is 1. The van der Waals surface area contributed by atoms with Crippen molar-refractivity contribution in [1.82, 2.24) is 10.3 Å². The molecular formula is C16H22N2O3. The number of hydrogen-bond donors (Lipinski definition) is 1. The van der Waals surface area contributed by atoms with E-state index in [0.717, 1.165) is 18.4 Å². The molecule has 1 atom stereocenters. The van der Waals surface area contributed by atoms with Crippen LogP contribution in [0.4, 0.5) is 0 Å². The summed E-state index contributed by atoms with van der Waals surface area (Å²) in [5.41, 5.74) is 0.919. The van der Waals surface area contributed by atoms with Gasteiger partial charge in [-0.2, -0.15) is 0 Å². The lowest BCUT2D eigenvalue weighted by atomic mass is 9.94. The quantitative estimate of drug-likeness (QED) is 0.919. The molecule has 5 nitrogen and oxygen atoms in total. The van der Waals surface area contributed by atoms with Crippen molar-refractivity contribution in [1.29, 1.82) is 0 Å². The highest BCUT2D eigenvalue weighted by atomic mass is 16.7. The van der Waals surface area contributed by atoms with Gasteiger partial charge in [0.05, 0.1) is 13.0 Å². The standard InChI is InChI=1S/C16H22N2O3/c19-15(9-13-5-4-8-17-10-13)18-11-14-12-20-16(21-14)6-2-1-3-7-16/h4-5,8,10,14H,1-3,6-7,9,11-12H2,(H,18,19)/t14-/m0/s1. The van der Waals surface area contributed by atoms with Crippen LogP contribution in [0.3, 0.4) is 0 Å². The van der Waals surface area contributed by atoms with Gasteiger partial charge in [-0.25, -0.2) is 0 Å². The molecule has 1 saturated heterocycles. The zero-order valence-corrected chi connectivity index (χ0v) is 12.2. The van der Waals surface area contributed by atoms with E-state index in [1.807, 2.05) is 12.1 Å². The third-order valence-electron chi connectivity index (χ3n) is 4.14. The molecule has 0 unspecified atom stereocenters. The molecule has 2 fully saturated rings. The predicted octanol–water partition coefficient (Wildman–Crippen LogP) is 1.82. The van der Waals surface area contributed by atoms with Gasteiger partial charge in [-0.1, -0.05) is 12.5 Å². The Morgan fingerprint density at radius 3 is 3.00 bits per heavy atom. The topological polar surface area (TPSA) is 60.5 Å². The van der Waals surface area contributed by atoms with Crippen molar-refractivity contribution in [3.8, 4) is 0 Å². The first-order chi connectivity index (χ1) is 10.3. The van der Waals surface area contributed by atoms with Crippen LogP contribution in [0, 0.1) is 0 Å². The van der Waals surface area contributed by atoms with E-state index in [9.17, 15) is 4.79 Å². The third kappa shape index (κ3) is 3.80. The predicted molar refractivity (Wildman–Crippen MR) is 77.6 cm³/mol. The summed E-state index contributed by atoms with van der Waals surface area (Å²) in [7, 11) is 0. The van der Waals surface area contributed by atoms with E-state index in [0.29, 0.717) is 19.6 Å². The molecule has 1 aliphatic carbocycles. The maximum atomic E-state index is 11.9. The number of hydrogen-bond acceptors (Lipinski definition) is 4. The molecule has 114 valence electrons. The van der Waals surface area contributed by atoms with Crippen LogP contribution in [0.15, 0.2) is 24.5 Å². The molecule has 5 heteroatoms. The SMILES string of the molecule is O=C(Cc1cccnc1)NC[C@H]1COC2(CCCCC2)O1. The molecule has 0 aromatic carbocycles. The average molecular weight is 290 g/mol. The lowest BCUT2D eigenvalue weighted by molar-refractivity contribution is -0.186. The van der Waals surface area contributed by atoms with Gasteiger partial charge in [0.1, 0.15) is 6.10 Å². The van der Waals surface area contributed by atoms with E-state index in [1.165, 1.54) is 19.3 Å². The van der Waals surface area contributed by atoms with Crippen LogP contribution in [0.1, 0.15) is 37.7 Å². The Bertz CT molecular complexity index is 472. The Labute approximate surface area is 125 Å². The number of carbonyl (C=O) groups excluding carboxylic acids is 1. The van der Waals surface area contributed by atoms with Gasteiger partial charge in [-0.05, 0) is 24.5 Å². The van der Waals surface area contributed by atoms with Crippen LogP contribution < -0.4 is 5.32 Å². The van der Waals surface area contributed by atoms with Crippen molar-refractivity contribution in [2.24, 2.45) is 0 Å². The van der Waals surface area contributed by atoms with Crippen LogP contribution >= 0.6 is 0 Å².